The molecular formula is C13H24N2O2. The first kappa shape index (κ1) is 14.2. The fourth-order valence-electron chi connectivity index (χ4n) is 2.47. The molecule has 0 heterocycles. The number of ether oxygens (including phenoxy) is 1. The van der Waals surface area contributed by atoms with Crippen LogP contribution in [0.4, 0.5) is 0 Å². The van der Waals surface area contributed by atoms with Crippen LogP contribution in [0.2, 0.25) is 0 Å². The molecule has 0 aromatic heterocycles. The molecule has 0 fully saturated rings. The normalized spacial score (nSPS) is 24.5. The average Bonchev–Trinajstić information content (AvgIpc) is 2.21. The van der Waals surface area contributed by atoms with Crippen LogP contribution < -0.4 is 11.1 Å². The highest BCUT2D eigenvalue weighted by Crippen LogP contribution is 2.26. The maximum absolute atomic E-state index is 10.4. The van der Waals surface area contributed by atoms with E-state index >= 15 is 0 Å². The van der Waals surface area contributed by atoms with Gasteiger partial charge in [0.05, 0.1) is 6.61 Å². The first-order valence-electron chi connectivity index (χ1n) is 6.32. The molecule has 1 amide bonds. The number of nitrogens with one attached hydrogen (secondary N) is 1. The molecule has 1 aliphatic rings. The van der Waals surface area contributed by atoms with Crippen molar-refractivity contribution in [3.8, 4) is 0 Å². The molecule has 0 saturated heterocycles. The van der Waals surface area contributed by atoms with Crippen molar-refractivity contribution in [2.75, 3.05) is 26.3 Å². The quantitative estimate of drug-likeness (QED) is 0.517. The summed E-state index contributed by atoms with van der Waals surface area (Å²) in [6.07, 6.45) is 4.82. The molecule has 3 N–H and O–H groups in total. The van der Waals surface area contributed by atoms with Crippen molar-refractivity contribution in [1.29, 1.82) is 0 Å². The minimum Gasteiger partial charge on any atom is -0.370 e. The fraction of sp³-hybridized carbons (Fsp3) is 0.769. The standard InChI is InChI=1S/C13H24N2O2/c1-10-5-11(2)7-12(6-10)8-15-3-4-17-9-13(14)16/h5,10,12,15H,3-4,6-9H2,1-2H3,(H2,14,16). The van der Waals surface area contributed by atoms with Crippen LogP contribution in [-0.2, 0) is 9.53 Å². The summed E-state index contributed by atoms with van der Waals surface area (Å²) in [4.78, 5) is 10.4. The third-order valence-electron chi connectivity index (χ3n) is 2.99. The summed E-state index contributed by atoms with van der Waals surface area (Å²) in [5, 5.41) is 3.37. The Labute approximate surface area is 104 Å². The highest BCUT2D eigenvalue weighted by molar-refractivity contribution is 5.74. The maximum Gasteiger partial charge on any atom is 0.243 e. The molecule has 0 radical (unpaired) electrons. The number of carbonyl (C=O) groups excluding carboxylic acids is 1. The van der Waals surface area contributed by atoms with Gasteiger partial charge in [-0.2, -0.15) is 0 Å². The number of allylic oxidation sites excluding steroid dienone is 2. The van der Waals surface area contributed by atoms with Gasteiger partial charge in [0.15, 0.2) is 0 Å². The number of nitrogens with two attached hydrogens (primary N) is 1. The van der Waals surface area contributed by atoms with Crippen molar-refractivity contribution in [3.05, 3.63) is 11.6 Å². The van der Waals surface area contributed by atoms with Crippen LogP contribution in [0.1, 0.15) is 26.7 Å². The zero-order valence-corrected chi connectivity index (χ0v) is 10.9. The molecule has 4 heteroatoms. The summed E-state index contributed by atoms with van der Waals surface area (Å²) in [5.74, 6) is 1.01. The number of hydrogen-bond donors (Lipinski definition) is 2. The van der Waals surface area contributed by atoms with Gasteiger partial charge in [-0.05, 0) is 38.1 Å². The van der Waals surface area contributed by atoms with Crippen molar-refractivity contribution >= 4 is 5.91 Å². The molecule has 1 aliphatic carbocycles. The molecule has 0 aromatic carbocycles. The second kappa shape index (κ2) is 7.45. The number of amides is 1. The summed E-state index contributed by atoms with van der Waals surface area (Å²) in [6, 6.07) is 0. The first-order valence-corrected chi connectivity index (χ1v) is 6.32. The van der Waals surface area contributed by atoms with Gasteiger partial charge in [-0.3, -0.25) is 4.79 Å². The molecule has 0 spiro atoms. The molecule has 0 aliphatic heterocycles. The van der Waals surface area contributed by atoms with Crippen molar-refractivity contribution in [2.24, 2.45) is 17.6 Å². The summed E-state index contributed by atoms with van der Waals surface area (Å²) in [6.45, 7) is 6.84. The Bertz CT molecular complexity index is 277. The largest absolute Gasteiger partial charge is 0.370 e. The maximum atomic E-state index is 10.4. The Morgan fingerprint density at radius 1 is 1.65 bits per heavy atom. The average molecular weight is 240 g/mol. The van der Waals surface area contributed by atoms with E-state index in [0.717, 1.165) is 19.0 Å². The highest BCUT2D eigenvalue weighted by Gasteiger charge is 2.17. The smallest absolute Gasteiger partial charge is 0.243 e. The lowest BCUT2D eigenvalue weighted by Crippen LogP contribution is -2.29. The highest BCUT2D eigenvalue weighted by atomic mass is 16.5. The van der Waals surface area contributed by atoms with Gasteiger partial charge in [-0.15, -0.1) is 0 Å². The first-order chi connectivity index (χ1) is 8.08. The zero-order chi connectivity index (χ0) is 12.7. The number of primary amides is 1. The van der Waals surface area contributed by atoms with Crippen molar-refractivity contribution < 1.29 is 9.53 Å². The molecule has 2 atom stereocenters. The lowest BCUT2D eigenvalue weighted by Gasteiger charge is -2.25. The Morgan fingerprint density at radius 2 is 2.41 bits per heavy atom. The van der Waals surface area contributed by atoms with E-state index in [-0.39, 0.29) is 6.61 Å². The fourth-order valence-corrected chi connectivity index (χ4v) is 2.47. The summed E-state index contributed by atoms with van der Waals surface area (Å²) in [5.41, 5.74) is 6.46. The monoisotopic (exact) mass is 240 g/mol. The molecule has 17 heavy (non-hydrogen) atoms. The lowest BCUT2D eigenvalue weighted by molar-refractivity contribution is -0.122. The second-order valence-corrected chi connectivity index (χ2v) is 5.02. The third kappa shape index (κ3) is 6.44. The van der Waals surface area contributed by atoms with Crippen LogP contribution >= 0.6 is 0 Å². The van der Waals surface area contributed by atoms with Gasteiger partial charge < -0.3 is 15.8 Å². The van der Waals surface area contributed by atoms with E-state index in [2.05, 4.69) is 25.2 Å². The molecular weight excluding hydrogens is 216 g/mol. The molecule has 0 bridgehead atoms. The Kier molecular flexibility index (Phi) is 6.22. The Hall–Kier alpha value is -0.870. The predicted octanol–water partition coefficient (Wildman–Crippen LogP) is 1.07. The molecule has 0 saturated carbocycles. The number of rotatable bonds is 7. The van der Waals surface area contributed by atoms with Gasteiger partial charge >= 0.3 is 0 Å². The lowest BCUT2D eigenvalue weighted by atomic mass is 9.84. The Morgan fingerprint density at radius 3 is 3.06 bits per heavy atom. The van der Waals surface area contributed by atoms with Crippen molar-refractivity contribution in [2.45, 2.75) is 26.7 Å². The van der Waals surface area contributed by atoms with Crippen LogP contribution in [0, 0.1) is 11.8 Å². The molecule has 4 nitrogen and oxygen atoms in total. The summed E-state index contributed by atoms with van der Waals surface area (Å²) < 4.78 is 5.08. The molecule has 1 rings (SSSR count). The minimum absolute atomic E-state index is 0.0178. The van der Waals surface area contributed by atoms with Crippen LogP contribution in [-0.4, -0.2) is 32.2 Å². The minimum atomic E-state index is -0.410. The van der Waals surface area contributed by atoms with E-state index in [1.807, 2.05) is 0 Å². The third-order valence-corrected chi connectivity index (χ3v) is 2.99. The topological polar surface area (TPSA) is 64.3 Å². The number of carbonyl (C=O) groups is 1. The zero-order valence-electron chi connectivity index (χ0n) is 10.9. The van der Waals surface area contributed by atoms with E-state index in [9.17, 15) is 4.79 Å². The van der Waals surface area contributed by atoms with E-state index in [0.29, 0.717) is 12.5 Å². The van der Waals surface area contributed by atoms with E-state index < -0.39 is 5.91 Å². The summed E-state index contributed by atoms with van der Waals surface area (Å²) >= 11 is 0. The van der Waals surface area contributed by atoms with Gasteiger partial charge in [0.2, 0.25) is 5.91 Å². The van der Waals surface area contributed by atoms with E-state index in [1.165, 1.54) is 18.4 Å². The Balaban J connectivity index is 2.03. The van der Waals surface area contributed by atoms with Gasteiger partial charge in [0, 0.05) is 6.54 Å². The van der Waals surface area contributed by atoms with Gasteiger partial charge in [0.25, 0.3) is 0 Å². The molecule has 0 aromatic rings. The van der Waals surface area contributed by atoms with E-state index in [1.54, 1.807) is 0 Å². The second-order valence-electron chi connectivity index (χ2n) is 5.02. The van der Waals surface area contributed by atoms with Crippen LogP contribution in [0.5, 0.6) is 0 Å². The molecule has 98 valence electrons. The van der Waals surface area contributed by atoms with Gasteiger partial charge in [-0.25, -0.2) is 0 Å². The SMILES string of the molecule is CC1=CC(C)CC(CNCCOCC(N)=O)C1. The van der Waals surface area contributed by atoms with Crippen LogP contribution in [0.3, 0.4) is 0 Å². The van der Waals surface area contributed by atoms with Gasteiger partial charge in [-0.1, -0.05) is 18.6 Å². The van der Waals surface area contributed by atoms with Crippen molar-refractivity contribution in [1.82, 2.24) is 5.32 Å². The predicted molar refractivity (Wildman–Crippen MR) is 68.5 cm³/mol. The van der Waals surface area contributed by atoms with Crippen LogP contribution in [0.25, 0.3) is 0 Å². The van der Waals surface area contributed by atoms with Crippen LogP contribution in [0.15, 0.2) is 11.6 Å². The molecule has 2 unspecified atom stereocenters. The van der Waals surface area contributed by atoms with Crippen molar-refractivity contribution in [3.63, 3.8) is 0 Å². The number of hydrogen-bond acceptors (Lipinski definition) is 3. The summed E-state index contributed by atoms with van der Waals surface area (Å²) in [7, 11) is 0. The van der Waals surface area contributed by atoms with E-state index in [4.69, 9.17) is 10.5 Å². The van der Waals surface area contributed by atoms with Gasteiger partial charge in [0.1, 0.15) is 6.61 Å².